The third-order valence-electron chi connectivity index (χ3n) is 6.40. The molecule has 1 aliphatic heterocycles. The molecular formula is C26H29N5O3. The molecule has 0 bridgehead atoms. The van der Waals surface area contributed by atoms with Gasteiger partial charge in [-0.2, -0.15) is 4.98 Å². The van der Waals surface area contributed by atoms with Gasteiger partial charge >= 0.3 is 0 Å². The van der Waals surface area contributed by atoms with Crippen LogP contribution < -0.4 is 24.6 Å². The number of hydrogen-bond donors (Lipinski definition) is 1. The number of hydrogen-bond acceptors (Lipinski definition) is 8. The van der Waals surface area contributed by atoms with Crippen LogP contribution >= 0.6 is 0 Å². The molecule has 2 aliphatic rings. The smallest absolute Gasteiger partial charge is 0.227 e. The molecule has 0 unspecified atom stereocenters. The lowest BCUT2D eigenvalue weighted by Crippen LogP contribution is -2.47. The van der Waals surface area contributed by atoms with Gasteiger partial charge in [0.1, 0.15) is 17.3 Å². The normalized spacial score (nSPS) is 15.6. The highest BCUT2D eigenvalue weighted by Crippen LogP contribution is 2.31. The van der Waals surface area contributed by atoms with Crippen LogP contribution in [0.1, 0.15) is 28.9 Å². The zero-order valence-electron chi connectivity index (χ0n) is 19.6. The fourth-order valence-electron chi connectivity index (χ4n) is 4.52. The molecule has 5 rings (SSSR count). The summed E-state index contributed by atoms with van der Waals surface area (Å²) in [6.45, 7) is 3.30. The number of aryl methyl sites for hydroxylation is 1. The number of methoxy groups -OCH3 is 2. The van der Waals surface area contributed by atoms with E-state index < -0.39 is 0 Å². The predicted molar refractivity (Wildman–Crippen MR) is 133 cm³/mol. The molecule has 176 valence electrons. The Bertz CT molecular complexity index is 1170. The van der Waals surface area contributed by atoms with Crippen molar-refractivity contribution in [2.24, 2.45) is 0 Å². The minimum absolute atomic E-state index is 0.103. The van der Waals surface area contributed by atoms with Crippen LogP contribution in [-0.4, -0.2) is 56.1 Å². The molecule has 1 N–H and O–H groups in total. The molecule has 34 heavy (non-hydrogen) atoms. The lowest BCUT2D eigenvalue weighted by molar-refractivity contribution is 0.0972. The quantitative estimate of drug-likeness (QED) is 0.591. The van der Waals surface area contributed by atoms with Crippen molar-refractivity contribution in [3.05, 3.63) is 59.8 Å². The van der Waals surface area contributed by atoms with Crippen molar-refractivity contribution < 1.29 is 14.3 Å². The Hall–Kier alpha value is -3.81. The number of ketones is 1. The summed E-state index contributed by atoms with van der Waals surface area (Å²) < 4.78 is 10.6. The molecule has 0 atom stereocenters. The Labute approximate surface area is 199 Å². The fraction of sp³-hybridized carbons (Fsp3) is 0.346. The maximum Gasteiger partial charge on any atom is 0.227 e. The number of Topliss-reactive ketones (excluding diaryl/α,β-unsaturated/α-hetero) is 1. The van der Waals surface area contributed by atoms with Gasteiger partial charge in [-0.1, -0.05) is 6.07 Å². The summed E-state index contributed by atoms with van der Waals surface area (Å²) in [5.74, 6) is 3.00. The minimum atomic E-state index is 0.103. The monoisotopic (exact) mass is 459 g/mol. The Morgan fingerprint density at radius 3 is 2.32 bits per heavy atom. The number of carbonyl (C=O) groups excluding carboxylic acids is 1. The van der Waals surface area contributed by atoms with Crippen molar-refractivity contribution in [1.82, 2.24) is 9.97 Å². The summed E-state index contributed by atoms with van der Waals surface area (Å²) >= 11 is 0. The van der Waals surface area contributed by atoms with Gasteiger partial charge in [0.25, 0.3) is 0 Å². The number of aromatic nitrogens is 2. The summed E-state index contributed by atoms with van der Waals surface area (Å²) in [5.41, 5.74) is 3.47. The van der Waals surface area contributed by atoms with Crippen LogP contribution in [0.3, 0.4) is 0 Å². The third kappa shape index (κ3) is 4.48. The molecule has 1 fully saturated rings. The first-order chi connectivity index (χ1) is 16.6. The van der Waals surface area contributed by atoms with Gasteiger partial charge in [-0.3, -0.25) is 4.79 Å². The Morgan fingerprint density at radius 1 is 0.853 bits per heavy atom. The van der Waals surface area contributed by atoms with Crippen molar-refractivity contribution in [3.8, 4) is 11.5 Å². The Kier molecular flexibility index (Phi) is 6.20. The Balaban J connectivity index is 1.38. The molecule has 1 aliphatic carbocycles. The van der Waals surface area contributed by atoms with Crippen LogP contribution in [0, 0.1) is 0 Å². The van der Waals surface area contributed by atoms with E-state index in [1.54, 1.807) is 14.2 Å². The highest BCUT2D eigenvalue weighted by molar-refractivity contribution is 6.03. The summed E-state index contributed by atoms with van der Waals surface area (Å²) in [7, 11) is 3.33. The van der Waals surface area contributed by atoms with Gasteiger partial charge in [0.2, 0.25) is 5.95 Å². The molecule has 2 aromatic carbocycles. The zero-order valence-corrected chi connectivity index (χ0v) is 19.6. The lowest BCUT2D eigenvalue weighted by atomic mass is 9.95. The van der Waals surface area contributed by atoms with E-state index >= 15 is 0 Å². The standard InChI is InChI=1S/C26H29N5O3/c1-33-20-11-9-18(10-12-20)27-25-24-22(7-4-8-23(24)32)28-26(29-25)31-15-13-30(14-16-31)19-5-3-6-21(17-19)34-2/h3,5-6,9-12,17H,4,7-8,13-16H2,1-2H3,(H,27,28,29). The van der Waals surface area contributed by atoms with E-state index in [2.05, 4.69) is 27.2 Å². The van der Waals surface area contributed by atoms with Crippen LogP contribution in [0.25, 0.3) is 0 Å². The number of benzene rings is 2. The largest absolute Gasteiger partial charge is 0.497 e. The highest BCUT2D eigenvalue weighted by atomic mass is 16.5. The Morgan fingerprint density at radius 2 is 1.59 bits per heavy atom. The number of anilines is 4. The number of ether oxygens (including phenoxy) is 2. The molecular weight excluding hydrogens is 430 g/mol. The predicted octanol–water partition coefficient (Wildman–Crippen LogP) is 4.08. The second-order valence-corrected chi connectivity index (χ2v) is 8.50. The molecule has 2 heterocycles. The molecule has 3 aromatic rings. The third-order valence-corrected chi connectivity index (χ3v) is 6.40. The van der Waals surface area contributed by atoms with E-state index in [0.29, 0.717) is 23.8 Å². The van der Waals surface area contributed by atoms with Gasteiger partial charge in [0, 0.05) is 50.0 Å². The molecule has 0 spiro atoms. The summed E-state index contributed by atoms with van der Waals surface area (Å²) in [6.07, 6.45) is 2.15. The van der Waals surface area contributed by atoms with Crippen molar-refractivity contribution >= 4 is 28.9 Å². The summed E-state index contributed by atoms with van der Waals surface area (Å²) in [5, 5.41) is 3.36. The number of rotatable bonds is 6. The number of piperazine rings is 1. The van der Waals surface area contributed by atoms with Crippen LogP contribution in [-0.2, 0) is 6.42 Å². The van der Waals surface area contributed by atoms with Crippen molar-refractivity contribution in [1.29, 1.82) is 0 Å². The topological polar surface area (TPSA) is 79.8 Å². The molecule has 0 radical (unpaired) electrons. The molecule has 0 saturated carbocycles. The maximum atomic E-state index is 12.8. The van der Waals surface area contributed by atoms with E-state index in [1.165, 1.54) is 0 Å². The van der Waals surface area contributed by atoms with Gasteiger partial charge in [-0.25, -0.2) is 4.98 Å². The van der Waals surface area contributed by atoms with E-state index in [-0.39, 0.29) is 5.78 Å². The van der Waals surface area contributed by atoms with Crippen molar-refractivity contribution in [3.63, 3.8) is 0 Å². The molecule has 8 nitrogen and oxygen atoms in total. The van der Waals surface area contributed by atoms with Gasteiger partial charge in [-0.15, -0.1) is 0 Å². The second-order valence-electron chi connectivity index (χ2n) is 8.50. The van der Waals surface area contributed by atoms with E-state index in [4.69, 9.17) is 19.4 Å². The van der Waals surface area contributed by atoms with Crippen molar-refractivity contribution in [2.45, 2.75) is 19.3 Å². The minimum Gasteiger partial charge on any atom is -0.497 e. The zero-order chi connectivity index (χ0) is 23.5. The van der Waals surface area contributed by atoms with E-state index in [1.807, 2.05) is 36.4 Å². The maximum absolute atomic E-state index is 12.8. The molecule has 1 aromatic heterocycles. The SMILES string of the molecule is COc1ccc(Nc2nc(N3CCN(c4cccc(OC)c4)CC3)nc3c2C(=O)CCC3)cc1. The van der Waals surface area contributed by atoms with Crippen LogP contribution in [0.4, 0.5) is 23.1 Å². The number of carbonyl (C=O) groups is 1. The van der Waals surface area contributed by atoms with Crippen LogP contribution in [0.15, 0.2) is 48.5 Å². The average molecular weight is 460 g/mol. The van der Waals surface area contributed by atoms with Gasteiger partial charge in [0.05, 0.1) is 25.5 Å². The number of nitrogens with one attached hydrogen (secondary N) is 1. The van der Waals surface area contributed by atoms with E-state index in [0.717, 1.165) is 67.6 Å². The van der Waals surface area contributed by atoms with Crippen LogP contribution in [0.5, 0.6) is 11.5 Å². The average Bonchev–Trinajstić information content (AvgIpc) is 2.89. The van der Waals surface area contributed by atoms with Gasteiger partial charge in [-0.05, 0) is 49.2 Å². The molecule has 1 saturated heterocycles. The van der Waals surface area contributed by atoms with Crippen molar-refractivity contribution in [2.75, 3.05) is 55.5 Å². The molecule has 0 amide bonds. The highest BCUT2D eigenvalue weighted by Gasteiger charge is 2.27. The van der Waals surface area contributed by atoms with Gasteiger partial charge in [0.15, 0.2) is 5.78 Å². The van der Waals surface area contributed by atoms with E-state index in [9.17, 15) is 4.79 Å². The molecule has 8 heteroatoms. The van der Waals surface area contributed by atoms with Crippen LogP contribution in [0.2, 0.25) is 0 Å². The summed E-state index contributed by atoms with van der Waals surface area (Å²) in [6, 6.07) is 15.8. The summed E-state index contributed by atoms with van der Waals surface area (Å²) in [4.78, 5) is 27.0. The second kappa shape index (κ2) is 9.59. The fourth-order valence-corrected chi connectivity index (χ4v) is 4.52. The first-order valence-electron chi connectivity index (χ1n) is 11.6. The first kappa shape index (κ1) is 22.0. The number of nitrogens with zero attached hydrogens (tertiary/aromatic N) is 4. The lowest BCUT2D eigenvalue weighted by Gasteiger charge is -2.36. The van der Waals surface area contributed by atoms with Gasteiger partial charge < -0.3 is 24.6 Å². The number of fused-ring (bicyclic) bond motifs is 1. The first-order valence-corrected chi connectivity index (χ1v) is 11.6.